The lowest BCUT2D eigenvalue weighted by Gasteiger charge is -2.06. The smallest absolute Gasteiger partial charge is 0.160 e. The summed E-state index contributed by atoms with van der Waals surface area (Å²) in [6, 6.07) is 5.80. The van der Waals surface area contributed by atoms with Crippen LogP contribution in [0.4, 0.5) is 0 Å². The lowest BCUT2D eigenvalue weighted by molar-refractivity contribution is 0.101. The number of carbonyl (C=O) groups is 1. The summed E-state index contributed by atoms with van der Waals surface area (Å²) < 4.78 is 1.03. The van der Waals surface area contributed by atoms with Gasteiger partial charge in [0.25, 0.3) is 0 Å². The Morgan fingerprint density at radius 3 is 2.79 bits per heavy atom. The number of ketones is 1. The van der Waals surface area contributed by atoms with Crippen LogP contribution in [0.2, 0.25) is 0 Å². The van der Waals surface area contributed by atoms with E-state index in [2.05, 4.69) is 22.9 Å². The Morgan fingerprint density at radius 1 is 1.50 bits per heavy atom. The van der Waals surface area contributed by atoms with Gasteiger partial charge in [-0.2, -0.15) is 0 Å². The van der Waals surface area contributed by atoms with Crippen LogP contribution in [0.25, 0.3) is 0 Å². The van der Waals surface area contributed by atoms with Crippen molar-refractivity contribution in [3.63, 3.8) is 0 Å². The first-order valence-corrected chi connectivity index (χ1v) is 6.36. The second-order valence-electron chi connectivity index (χ2n) is 3.05. The van der Waals surface area contributed by atoms with E-state index in [4.69, 9.17) is 0 Å². The van der Waals surface area contributed by atoms with Crippen molar-refractivity contribution in [3.8, 4) is 0 Å². The number of thioether (sulfide) groups is 1. The Bertz CT molecular complexity index is 336. The molecule has 76 valence electrons. The van der Waals surface area contributed by atoms with E-state index in [9.17, 15) is 4.79 Å². The number of benzene rings is 1. The Labute approximate surface area is 97.4 Å². The fraction of sp³-hybridized carbons (Fsp3) is 0.364. The molecule has 0 bridgehead atoms. The highest BCUT2D eigenvalue weighted by Crippen LogP contribution is 2.27. The number of halogens is 1. The molecule has 0 amide bonds. The molecule has 1 aromatic carbocycles. The first-order valence-electron chi connectivity index (χ1n) is 4.58. The Kier molecular flexibility index (Phi) is 4.69. The zero-order chi connectivity index (χ0) is 10.6. The van der Waals surface area contributed by atoms with Crippen LogP contribution in [0.5, 0.6) is 0 Å². The van der Waals surface area contributed by atoms with Crippen LogP contribution in [-0.2, 0) is 0 Å². The molecule has 0 aliphatic rings. The average molecular weight is 273 g/mol. The van der Waals surface area contributed by atoms with E-state index in [1.807, 2.05) is 18.2 Å². The number of Topliss-reactive ketones (excluding diaryl/α,β-unsaturated/α-hetero) is 1. The normalized spacial score (nSPS) is 10.2. The molecule has 0 saturated carbocycles. The molecule has 1 rings (SSSR count). The molecule has 14 heavy (non-hydrogen) atoms. The summed E-state index contributed by atoms with van der Waals surface area (Å²) in [4.78, 5) is 12.4. The molecule has 0 fully saturated rings. The summed E-state index contributed by atoms with van der Waals surface area (Å²) in [5, 5.41) is 0. The van der Waals surface area contributed by atoms with Crippen LogP contribution >= 0.6 is 27.7 Å². The third-order valence-electron chi connectivity index (χ3n) is 1.78. The highest BCUT2D eigenvalue weighted by Gasteiger charge is 2.07. The van der Waals surface area contributed by atoms with Crippen LogP contribution in [0.15, 0.2) is 27.6 Å². The fourth-order valence-electron chi connectivity index (χ4n) is 1.12. The molecule has 0 heterocycles. The van der Waals surface area contributed by atoms with Crippen molar-refractivity contribution in [2.45, 2.75) is 25.2 Å². The van der Waals surface area contributed by atoms with Gasteiger partial charge in [0.2, 0.25) is 0 Å². The van der Waals surface area contributed by atoms with Gasteiger partial charge in [0.05, 0.1) is 0 Å². The molecule has 1 aromatic rings. The van der Waals surface area contributed by atoms with Crippen molar-refractivity contribution in [1.29, 1.82) is 0 Å². The summed E-state index contributed by atoms with van der Waals surface area (Å²) in [5.74, 6) is 1.19. The predicted octanol–water partition coefficient (Wildman–Crippen LogP) is 4.15. The van der Waals surface area contributed by atoms with E-state index < -0.39 is 0 Å². The van der Waals surface area contributed by atoms with Gasteiger partial charge >= 0.3 is 0 Å². The van der Waals surface area contributed by atoms with Crippen molar-refractivity contribution < 1.29 is 4.79 Å². The maximum atomic E-state index is 11.3. The maximum absolute atomic E-state index is 11.3. The summed E-state index contributed by atoms with van der Waals surface area (Å²) in [6.07, 6.45) is 1.12. The number of carbonyl (C=O) groups excluding carboxylic acids is 1. The minimum Gasteiger partial charge on any atom is -0.294 e. The summed E-state index contributed by atoms with van der Waals surface area (Å²) >= 11 is 5.15. The molecule has 0 N–H and O–H groups in total. The summed E-state index contributed by atoms with van der Waals surface area (Å²) in [5.41, 5.74) is 0.826. The lowest BCUT2D eigenvalue weighted by Crippen LogP contribution is -1.95. The monoisotopic (exact) mass is 272 g/mol. The SMILES string of the molecule is CCCSc1cc(Br)ccc1C(C)=O. The van der Waals surface area contributed by atoms with E-state index in [-0.39, 0.29) is 5.78 Å². The topological polar surface area (TPSA) is 17.1 Å². The third kappa shape index (κ3) is 3.14. The third-order valence-corrected chi connectivity index (χ3v) is 3.54. The number of hydrogen-bond donors (Lipinski definition) is 0. The molecule has 0 atom stereocenters. The van der Waals surface area contributed by atoms with E-state index in [1.165, 1.54) is 0 Å². The van der Waals surface area contributed by atoms with Crippen LogP contribution in [0.1, 0.15) is 30.6 Å². The van der Waals surface area contributed by atoms with Crippen LogP contribution in [0.3, 0.4) is 0 Å². The fourth-order valence-corrected chi connectivity index (χ4v) is 2.63. The van der Waals surface area contributed by atoms with Gasteiger partial charge in [-0.25, -0.2) is 0 Å². The van der Waals surface area contributed by atoms with Gasteiger partial charge < -0.3 is 0 Å². The van der Waals surface area contributed by atoms with Crippen LogP contribution in [0, 0.1) is 0 Å². The molecule has 3 heteroatoms. The van der Waals surface area contributed by atoms with Gasteiger partial charge in [-0.15, -0.1) is 11.8 Å². The van der Waals surface area contributed by atoms with Crippen molar-refractivity contribution >= 4 is 33.5 Å². The molecule has 0 radical (unpaired) electrons. The standard InChI is InChI=1S/C11H13BrOS/c1-3-6-14-11-7-9(12)4-5-10(11)8(2)13/h4-5,7H,3,6H2,1-2H3. The Morgan fingerprint density at radius 2 is 2.21 bits per heavy atom. The molecule has 1 nitrogen and oxygen atoms in total. The van der Waals surface area contributed by atoms with Gasteiger partial charge in [-0.05, 0) is 37.3 Å². The maximum Gasteiger partial charge on any atom is 0.160 e. The highest BCUT2D eigenvalue weighted by molar-refractivity contribution is 9.10. The average Bonchev–Trinajstić information content (AvgIpc) is 2.14. The van der Waals surface area contributed by atoms with Gasteiger partial charge in [0, 0.05) is 14.9 Å². The van der Waals surface area contributed by atoms with Crippen molar-refractivity contribution in [1.82, 2.24) is 0 Å². The molecular formula is C11H13BrOS. The Balaban J connectivity index is 2.97. The molecule has 0 aliphatic carbocycles. The van der Waals surface area contributed by atoms with Crippen molar-refractivity contribution in [2.24, 2.45) is 0 Å². The van der Waals surface area contributed by atoms with E-state index in [0.717, 1.165) is 27.1 Å². The molecule has 0 aliphatic heterocycles. The largest absolute Gasteiger partial charge is 0.294 e. The first-order chi connectivity index (χ1) is 6.65. The first kappa shape index (κ1) is 11.8. The van der Waals surface area contributed by atoms with Gasteiger partial charge in [0.1, 0.15) is 0 Å². The quantitative estimate of drug-likeness (QED) is 0.605. The zero-order valence-electron chi connectivity index (χ0n) is 8.34. The van der Waals surface area contributed by atoms with E-state index in [1.54, 1.807) is 18.7 Å². The van der Waals surface area contributed by atoms with Gasteiger partial charge in [-0.1, -0.05) is 22.9 Å². The summed E-state index contributed by atoms with van der Waals surface area (Å²) in [6.45, 7) is 3.75. The molecule has 0 spiro atoms. The van der Waals surface area contributed by atoms with E-state index in [0.29, 0.717) is 0 Å². The van der Waals surface area contributed by atoms with Crippen LogP contribution < -0.4 is 0 Å². The van der Waals surface area contributed by atoms with Gasteiger partial charge in [-0.3, -0.25) is 4.79 Å². The molecule has 0 unspecified atom stereocenters. The highest BCUT2D eigenvalue weighted by atomic mass is 79.9. The molecular weight excluding hydrogens is 260 g/mol. The van der Waals surface area contributed by atoms with E-state index >= 15 is 0 Å². The minimum absolute atomic E-state index is 0.135. The van der Waals surface area contributed by atoms with Gasteiger partial charge in [0.15, 0.2) is 5.78 Å². The predicted molar refractivity (Wildman–Crippen MR) is 65.2 cm³/mol. The second-order valence-corrected chi connectivity index (χ2v) is 5.10. The Hall–Kier alpha value is -0.280. The zero-order valence-corrected chi connectivity index (χ0v) is 10.7. The summed E-state index contributed by atoms with van der Waals surface area (Å²) in [7, 11) is 0. The lowest BCUT2D eigenvalue weighted by atomic mass is 10.1. The van der Waals surface area contributed by atoms with Crippen LogP contribution in [-0.4, -0.2) is 11.5 Å². The number of hydrogen-bond acceptors (Lipinski definition) is 2. The number of rotatable bonds is 4. The minimum atomic E-state index is 0.135. The van der Waals surface area contributed by atoms with Crippen molar-refractivity contribution in [3.05, 3.63) is 28.2 Å². The molecule has 0 aromatic heterocycles. The van der Waals surface area contributed by atoms with Crippen molar-refractivity contribution in [2.75, 3.05) is 5.75 Å². The second kappa shape index (κ2) is 5.56. The molecule has 0 saturated heterocycles.